The average Bonchev–Trinajstić information content (AvgIpc) is 3.39. The summed E-state index contributed by atoms with van der Waals surface area (Å²) in [6.45, 7) is 4.52. The first-order valence-electron chi connectivity index (χ1n) is 11.9. The lowest BCUT2D eigenvalue weighted by atomic mass is 9.79. The van der Waals surface area contributed by atoms with E-state index in [9.17, 15) is 9.18 Å². The monoisotopic (exact) mass is 443 g/mol. The molecule has 1 aliphatic heterocycles. The van der Waals surface area contributed by atoms with Crippen molar-refractivity contribution in [1.29, 1.82) is 0 Å². The molecule has 0 spiro atoms. The van der Waals surface area contributed by atoms with E-state index < -0.39 is 0 Å². The van der Waals surface area contributed by atoms with Crippen LogP contribution in [0, 0.1) is 5.82 Å². The first-order valence-corrected chi connectivity index (χ1v) is 11.9. The minimum Gasteiger partial charge on any atom is -0.372 e. The van der Waals surface area contributed by atoms with Crippen LogP contribution in [-0.4, -0.2) is 42.0 Å². The Morgan fingerprint density at radius 3 is 2.61 bits per heavy atom. The molecule has 1 amide bonds. The lowest BCUT2D eigenvalue weighted by Gasteiger charge is -2.38. The third-order valence-electron chi connectivity index (χ3n) is 7.36. The summed E-state index contributed by atoms with van der Waals surface area (Å²) in [7, 11) is 1.87. The lowest BCUT2D eigenvalue weighted by molar-refractivity contribution is 0.0690. The van der Waals surface area contributed by atoms with Gasteiger partial charge in [-0.1, -0.05) is 37.3 Å². The second-order valence-electron chi connectivity index (χ2n) is 9.30. The Bertz CT molecular complexity index is 1150. The minimum absolute atomic E-state index is 0.0935. The third-order valence-corrected chi connectivity index (χ3v) is 7.36. The summed E-state index contributed by atoms with van der Waals surface area (Å²) in [5.74, 6) is -0.129. The molecule has 1 saturated heterocycles. The molecule has 33 heavy (non-hydrogen) atoms. The molecule has 2 aromatic carbocycles. The van der Waals surface area contributed by atoms with Crippen molar-refractivity contribution in [2.45, 2.75) is 44.6 Å². The van der Waals surface area contributed by atoms with Gasteiger partial charge >= 0.3 is 0 Å². The molecule has 2 unspecified atom stereocenters. The molecule has 1 aromatic heterocycles. The molecule has 0 N–H and O–H groups in total. The number of hydrogen-bond donors (Lipinski definition) is 0. The van der Waals surface area contributed by atoms with E-state index in [1.807, 2.05) is 11.9 Å². The summed E-state index contributed by atoms with van der Waals surface area (Å²) in [5.41, 5.74) is 5.64. The van der Waals surface area contributed by atoms with Crippen LogP contribution in [0.3, 0.4) is 0 Å². The van der Waals surface area contributed by atoms with E-state index in [4.69, 9.17) is 0 Å². The van der Waals surface area contributed by atoms with Crippen LogP contribution in [0.4, 0.5) is 10.1 Å². The number of carbonyl (C=O) groups is 1. The topological polar surface area (TPSA) is 36.4 Å². The highest BCUT2D eigenvalue weighted by Gasteiger charge is 2.32. The van der Waals surface area contributed by atoms with Crippen molar-refractivity contribution in [2.24, 2.45) is 0 Å². The fraction of sp³-hybridized carbons (Fsp3) is 0.357. The van der Waals surface area contributed by atoms with Crippen molar-refractivity contribution in [3.05, 3.63) is 83.4 Å². The van der Waals surface area contributed by atoms with Gasteiger partial charge in [0.05, 0.1) is 0 Å². The summed E-state index contributed by atoms with van der Waals surface area (Å²) in [6, 6.07) is 17.1. The van der Waals surface area contributed by atoms with Crippen LogP contribution >= 0.6 is 0 Å². The van der Waals surface area contributed by atoms with Crippen LogP contribution in [-0.2, 0) is 6.42 Å². The number of benzene rings is 2. The molecule has 2 aliphatic rings. The summed E-state index contributed by atoms with van der Waals surface area (Å²) in [6.07, 6.45) is 6.05. The van der Waals surface area contributed by atoms with Crippen molar-refractivity contribution in [3.8, 4) is 11.1 Å². The molecule has 1 fully saturated rings. The van der Waals surface area contributed by atoms with E-state index in [2.05, 4.69) is 35.0 Å². The molecule has 5 heteroatoms. The molecule has 170 valence electrons. The second-order valence-corrected chi connectivity index (χ2v) is 9.30. The zero-order chi connectivity index (χ0) is 22.9. The molecule has 2 atom stereocenters. The largest absolute Gasteiger partial charge is 0.372 e. The van der Waals surface area contributed by atoms with Gasteiger partial charge in [0.15, 0.2) is 0 Å². The minimum atomic E-state index is -0.293. The smallest absolute Gasteiger partial charge is 0.272 e. The Labute approximate surface area is 195 Å². The summed E-state index contributed by atoms with van der Waals surface area (Å²) in [4.78, 5) is 21.9. The van der Waals surface area contributed by atoms with Crippen molar-refractivity contribution in [2.75, 3.05) is 25.0 Å². The van der Waals surface area contributed by atoms with Gasteiger partial charge in [0, 0.05) is 55.1 Å². The number of pyridine rings is 1. The Kier molecular flexibility index (Phi) is 5.88. The van der Waals surface area contributed by atoms with E-state index in [-0.39, 0.29) is 23.7 Å². The number of halogens is 1. The lowest BCUT2D eigenvalue weighted by Crippen LogP contribution is -2.42. The van der Waals surface area contributed by atoms with Crippen molar-refractivity contribution >= 4 is 11.6 Å². The van der Waals surface area contributed by atoms with Crippen molar-refractivity contribution in [3.63, 3.8) is 0 Å². The molecule has 5 rings (SSSR count). The molecule has 0 bridgehead atoms. The van der Waals surface area contributed by atoms with Crippen molar-refractivity contribution < 1.29 is 9.18 Å². The number of anilines is 1. The van der Waals surface area contributed by atoms with Crippen LogP contribution in [0.5, 0.6) is 0 Å². The summed E-state index contributed by atoms with van der Waals surface area (Å²) in [5, 5.41) is 0. The third kappa shape index (κ3) is 4.12. The Morgan fingerprint density at radius 1 is 1.09 bits per heavy atom. The van der Waals surface area contributed by atoms with E-state index in [1.54, 1.807) is 36.5 Å². The molecular formula is C28H30FN3O. The number of likely N-dealkylation sites (N-methyl/N-ethyl adjacent to an activating group) is 1. The zero-order valence-corrected chi connectivity index (χ0v) is 19.3. The first-order chi connectivity index (χ1) is 16.0. The van der Waals surface area contributed by atoms with Crippen LogP contribution in [0.25, 0.3) is 11.1 Å². The van der Waals surface area contributed by atoms with Gasteiger partial charge < -0.3 is 9.80 Å². The SMILES string of the molecule is CC1c2ccc(N3CCCC3)cc2CCC1N(C)C(=O)c1ccc(-c2ccccc2F)cn1. The Balaban J connectivity index is 1.32. The van der Waals surface area contributed by atoms with Gasteiger partial charge in [-0.25, -0.2) is 4.39 Å². The van der Waals surface area contributed by atoms with Crippen LogP contribution in [0.15, 0.2) is 60.8 Å². The molecule has 2 heterocycles. The fourth-order valence-electron chi connectivity index (χ4n) is 5.42. The van der Waals surface area contributed by atoms with Crippen LogP contribution in [0.1, 0.15) is 53.7 Å². The van der Waals surface area contributed by atoms with Crippen molar-refractivity contribution in [1.82, 2.24) is 9.88 Å². The molecule has 0 saturated carbocycles. The number of nitrogens with zero attached hydrogens (tertiary/aromatic N) is 3. The normalized spacial score (nSPS) is 19.9. The summed E-state index contributed by atoms with van der Waals surface area (Å²) < 4.78 is 14.1. The number of amides is 1. The maximum atomic E-state index is 14.1. The molecule has 4 nitrogen and oxygen atoms in total. The predicted molar refractivity (Wildman–Crippen MR) is 130 cm³/mol. The van der Waals surface area contributed by atoms with E-state index >= 15 is 0 Å². The Morgan fingerprint density at radius 2 is 1.88 bits per heavy atom. The quantitative estimate of drug-likeness (QED) is 0.521. The second kappa shape index (κ2) is 8.97. The van der Waals surface area contributed by atoms with E-state index in [1.165, 1.54) is 35.7 Å². The average molecular weight is 444 g/mol. The highest BCUT2D eigenvalue weighted by molar-refractivity contribution is 5.92. The Hall–Kier alpha value is -3.21. The zero-order valence-electron chi connectivity index (χ0n) is 19.3. The van der Waals surface area contributed by atoms with Gasteiger partial charge in [0.1, 0.15) is 11.5 Å². The van der Waals surface area contributed by atoms with E-state index in [0.29, 0.717) is 16.8 Å². The number of hydrogen-bond acceptors (Lipinski definition) is 3. The standard InChI is InChI=1S/C28H30FN3O/c1-19-23-12-11-22(32-15-5-6-16-32)17-20(23)10-14-27(19)31(2)28(33)26-13-9-21(18-30-26)24-7-3-4-8-25(24)29/h3-4,7-9,11-13,17-19,27H,5-6,10,14-16H2,1-2H3. The molecule has 3 aromatic rings. The van der Waals surface area contributed by atoms with Gasteiger partial charge in [-0.3, -0.25) is 9.78 Å². The molecule has 0 radical (unpaired) electrons. The maximum Gasteiger partial charge on any atom is 0.272 e. The maximum absolute atomic E-state index is 14.1. The predicted octanol–water partition coefficient (Wildman–Crippen LogP) is 5.68. The number of rotatable bonds is 4. The number of aromatic nitrogens is 1. The first kappa shape index (κ1) is 21.6. The van der Waals surface area contributed by atoms with Gasteiger partial charge in [-0.2, -0.15) is 0 Å². The van der Waals surface area contributed by atoms with Gasteiger partial charge in [-0.15, -0.1) is 0 Å². The number of fused-ring (bicyclic) bond motifs is 1. The van der Waals surface area contributed by atoms with Crippen LogP contribution < -0.4 is 4.90 Å². The molecular weight excluding hydrogens is 413 g/mol. The summed E-state index contributed by atoms with van der Waals surface area (Å²) >= 11 is 0. The van der Waals surface area contributed by atoms with E-state index in [0.717, 1.165) is 25.9 Å². The van der Waals surface area contributed by atoms with Gasteiger partial charge in [-0.05, 0) is 61.1 Å². The highest BCUT2D eigenvalue weighted by atomic mass is 19.1. The van der Waals surface area contributed by atoms with Gasteiger partial charge in [0.25, 0.3) is 5.91 Å². The number of carbonyl (C=O) groups excluding carboxylic acids is 1. The van der Waals surface area contributed by atoms with Crippen LogP contribution in [0.2, 0.25) is 0 Å². The van der Waals surface area contributed by atoms with Gasteiger partial charge in [0.2, 0.25) is 0 Å². The number of aryl methyl sites for hydroxylation is 1. The molecule has 1 aliphatic carbocycles. The fourth-order valence-corrected chi connectivity index (χ4v) is 5.42. The highest BCUT2D eigenvalue weighted by Crippen LogP contribution is 2.37.